The molecule has 0 radical (unpaired) electrons. The van der Waals surface area contributed by atoms with E-state index in [1.54, 1.807) is 4.90 Å². The topological polar surface area (TPSA) is 84.9 Å². The standard InChI is InChI=1S/C20H24N2O5S/c1-13-5-6-16(9-14(13)2)22-12-15(10-20(22)23)21-28(24,25)17-7-8-18(26-3)19(11-17)27-4/h5-9,11,15,21H,10,12H2,1-4H3. The third kappa shape index (κ3) is 3.98. The maximum Gasteiger partial charge on any atom is 0.241 e. The highest BCUT2D eigenvalue weighted by atomic mass is 32.2. The van der Waals surface area contributed by atoms with Crippen molar-refractivity contribution in [1.29, 1.82) is 0 Å². The second-order valence-electron chi connectivity index (χ2n) is 6.81. The van der Waals surface area contributed by atoms with Gasteiger partial charge in [-0.2, -0.15) is 0 Å². The predicted molar refractivity (Wildman–Crippen MR) is 107 cm³/mol. The zero-order valence-electron chi connectivity index (χ0n) is 16.4. The van der Waals surface area contributed by atoms with E-state index in [0.717, 1.165) is 16.8 Å². The monoisotopic (exact) mass is 404 g/mol. The van der Waals surface area contributed by atoms with Crippen LogP contribution in [-0.2, 0) is 14.8 Å². The van der Waals surface area contributed by atoms with E-state index in [2.05, 4.69) is 4.72 Å². The number of sulfonamides is 1. The van der Waals surface area contributed by atoms with Gasteiger partial charge in [-0.1, -0.05) is 6.07 Å². The van der Waals surface area contributed by atoms with Crippen molar-refractivity contribution in [2.24, 2.45) is 0 Å². The number of hydrogen-bond acceptors (Lipinski definition) is 5. The van der Waals surface area contributed by atoms with Gasteiger partial charge in [-0.3, -0.25) is 4.79 Å². The molecule has 0 bridgehead atoms. The number of nitrogens with zero attached hydrogens (tertiary/aromatic N) is 1. The number of benzene rings is 2. The Hall–Kier alpha value is -2.58. The number of nitrogens with one attached hydrogen (secondary N) is 1. The fourth-order valence-corrected chi connectivity index (χ4v) is 4.44. The molecule has 1 heterocycles. The third-order valence-corrected chi connectivity index (χ3v) is 6.43. The molecule has 1 aliphatic heterocycles. The zero-order valence-corrected chi connectivity index (χ0v) is 17.2. The van der Waals surface area contributed by atoms with Gasteiger partial charge in [-0.25, -0.2) is 13.1 Å². The second-order valence-corrected chi connectivity index (χ2v) is 8.53. The Balaban J connectivity index is 1.78. The first-order valence-electron chi connectivity index (χ1n) is 8.87. The average molecular weight is 404 g/mol. The van der Waals surface area contributed by atoms with Gasteiger partial charge in [-0.05, 0) is 49.2 Å². The molecule has 1 amide bonds. The van der Waals surface area contributed by atoms with Gasteiger partial charge in [0, 0.05) is 30.8 Å². The van der Waals surface area contributed by atoms with Crippen LogP contribution in [0.25, 0.3) is 0 Å². The average Bonchev–Trinajstić information content (AvgIpc) is 3.02. The van der Waals surface area contributed by atoms with E-state index in [9.17, 15) is 13.2 Å². The van der Waals surface area contributed by atoms with Crippen LogP contribution in [0.2, 0.25) is 0 Å². The van der Waals surface area contributed by atoms with Crippen LogP contribution in [0.15, 0.2) is 41.3 Å². The van der Waals surface area contributed by atoms with Crippen molar-refractivity contribution in [3.05, 3.63) is 47.5 Å². The zero-order chi connectivity index (χ0) is 20.5. The lowest BCUT2D eigenvalue weighted by molar-refractivity contribution is -0.117. The molecule has 0 aliphatic carbocycles. The van der Waals surface area contributed by atoms with Crippen LogP contribution < -0.4 is 19.1 Å². The van der Waals surface area contributed by atoms with E-state index >= 15 is 0 Å². The first-order valence-corrected chi connectivity index (χ1v) is 10.4. The Morgan fingerprint density at radius 2 is 1.71 bits per heavy atom. The molecule has 1 aliphatic rings. The highest BCUT2D eigenvalue weighted by Crippen LogP contribution is 2.30. The van der Waals surface area contributed by atoms with Crippen molar-refractivity contribution in [2.45, 2.75) is 31.2 Å². The lowest BCUT2D eigenvalue weighted by Crippen LogP contribution is -2.37. The Kier molecular flexibility index (Phi) is 5.62. The molecule has 1 fully saturated rings. The number of carbonyl (C=O) groups is 1. The molecule has 1 N–H and O–H groups in total. The number of anilines is 1. The molecule has 0 saturated carbocycles. The van der Waals surface area contributed by atoms with Gasteiger partial charge in [-0.15, -0.1) is 0 Å². The van der Waals surface area contributed by atoms with Crippen molar-refractivity contribution in [3.8, 4) is 11.5 Å². The first kappa shape index (κ1) is 20.2. The number of aryl methyl sites for hydroxylation is 2. The summed E-state index contributed by atoms with van der Waals surface area (Å²) in [6.45, 7) is 4.27. The fraction of sp³-hybridized carbons (Fsp3) is 0.350. The molecule has 1 saturated heterocycles. The number of methoxy groups -OCH3 is 2. The molecule has 1 unspecified atom stereocenters. The van der Waals surface area contributed by atoms with Crippen LogP contribution in [0.4, 0.5) is 5.69 Å². The molecule has 0 aromatic heterocycles. The van der Waals surface area contributed by atoms with Gasteiger partial charge >= 0.3 is 0 Å². The number of ether oxygens (including phenoxy) is 2. The first-order chi connectivity index (χ1) is 13.2. The highest BCUT2D eigenvalue weighted by molar-refractivity contribution is 7.89. The fourth-order valence-electron chi connectivity index (χ4n) is 3.20. The van der Waals surface area contributed by atoms with E-state index in [1.165, 1.54) is 32.4 Å². The summed E-state index contributed by atoms with van der Waals surface area (Å²) in [5.74, 6) is 0.659. The minimum Gasteiger partial charge on any atom is -0.493 e. The Morgan fingerprint density at radius 1 is 1.00 bits per heavy atom. The summed E-state index contributed by atoms with van der Waals surface area (Å²) in [5.41, 5.74) is 3.00. The van der Waals surface area contributed by atoms with Gasteiger partial charge in [0.05, 0.1) is 19.1 Å². The lowest BCUT2D eigenvalue weighted by Gasteiger charge is -2.18. The lowest BCUT2D eigenvalue weighted by atomic mass is 10.1. The molecule has 7 nitrogen and oxygen atoms in total. The van der Waals surface area contributed by atoms with E-state index in [4.69, 9.17) is 9.47 Å². The summed E-state index contributed by atoms with van der Waals surface area (Å²) < 4.78 is 38.5. The SMILES string of the molecule is COc1ccc(S(=O)(=O)NC2CC(=O)N(c3ccc(C)c(C)c3)C2)cc1OC. The number of rotatable bonds is 6. The number of amides is 1. The molecule has 150 valence electrons. The molecule has 1 atom stereocenters. The summed E-state index contributed by atoms with van der Waals surface area (Å²) >= 11 is 0. The summed E-state index contributed by atoms with van der Waals surface area (Å²) in [5, 5.41) is 0. The molecule has 2 aromatic rings. The summed E-state index contributed by atoms with van der Waals surface area (Å²) in [7, 11) is -0.884. The van der Waals surface area contributed by atoms with E-state index < -0.39 is 16.1 Å². The minimum atomic E-state index is -3.81. The van der Waals surface area contributed by atoms with Crippen molar-refractivity contribution < 1.29 is 22.7 Å². The van der Waals surface area contributed by atoms with Crippen LogP contribution >= 0.6 is 0 Å². The smallest absolute Gasteiger partial charge is 0.241 e. The Morgan fingerprint density at radius 3 is 2.36 bits per heavy atom. The normalized spacial score (nSPS) is 17.1. The van der Waals surface area contributed by atoms with Crippen LogP contribution in [0.3, 0.4) is 0 Å². The molecular formula is C20H24N2O5S. The maximum absolute atomic E-state index is 12.8. The van der Waals surface area contributed by atoms with Crippen molar-refractivity contribution in [3.63, 3.8) is 0 Å². The molecular weight excluding hydrogens is 380 g/mol. The van der Waals surface area contributed by atoms with Gasteiger partial charge in [0.25, 0.3) is 0 Å². The van der Waals surface area contributed by atoms with Crippen LogP contribution in [-0.4, -0.2) is 41.1 Å². The molecule has 2 aromatic carbocycles. The van der Waals surface area contributed by atoms with Crippen LogP contribution in [0.5, 0.6) is 11.5 Å². The van der Waals surface area contributed by atoms with Gasteiger partial charge in [0.1, 0.15) is 0 Å². The Bertz CT molecular complexity index is 1000. The van der Waals surface area contributed by atoms with Crippen LogP contribution in [0, 0.1) is 13.8 Å². The quantitative estimate of drug-likeness (QED) is 0.799. The van der Waals surface area contributed by atoms with E-state index in [1.807, 2.05) is 32.0 Å². The third-order valence-electron chi connectivity index (χ3n) is 4.91. The Labute approximate surface area is 165 Å². The maximum atomic E-state index is 12.8. The summed E-state index contributed by atoms with van der Waals surface area (Å²) in [6, 6.07) is 9.66. The second kappa shape index (κ2) is 7.81. The van der Waals surface area contributed by atoms with E-state index in [-0.39, 0.29) is 23.8 Å². The van der Waals surface area contributed by atoms with Gasteiger partial charge in [0.15, 0.2) is 11.5 Å². The minimum absolute atomic E-state index is 0.0576. The van der Waals surface area contributed by atoms with E-state index in [0.29, 0.717) is 11.5 Å². The highest BCUT2D eigenvalue weighted by Gasteiger charge is 2.34. The van der Waals surface area contributed by atoms with Crippen molar-refractivity contribution in [2.75, 3.05) is 25.7 Å². The largest absolute Gasteiger partial charge is 0.493 e. The van der Waals surface area contributed by atoms with Crippen LogP contribution in [0.1, 0.15) is 17.5 Å². The number of hydrogen-bond donors (Lipinski definition) is 1. The summed E-state index contributed by atoms with van der Waals surface area (Å²) in [6.07, 6.45) is 0.111. The van der Waals surface area contributed by atoms with Crippen molar-refractivity contribution in [1.82, 2.24) is 4.72 Å². The number of carbonyl (C=O) groups excluding carboxylic acids is 1. The predicted octanol–water partition coefficient (Wildman–Crippen LogP) is 2.40. The van der Waals surface area contributed by atoms with Crippen molar-refractivity contribution >= 4 is 21.6 Å². The molecule has 8 heteroatoms. The molecule has 28 heavy (non-hydrogen) atoms. The van der Waals surface area contributed by atoms with Gasteiger partial charge in [0.2, 0.25) is 15.9 Å². The summed E-state index contributed by atoms with van der Waals surface area (Å²) in [4.78, 5) is 14.1. The molecule has 0 spiro atoms. The van der Waals surface area contributed by atoms with Gasteiger partial charge < -0.3 is 14.4 Å². The molecule has 3 rings (SSSR count).